The molecule has 13 heteroatoms. The molecule has 1 aromatic heterocycles. The molecule has 214 valence electrons. The molecule has 3 aromatic rings. The number of nitrogen functional groups attached to an aromatic ring is 1. The average molecular weight is 604 g/mol. The van der Waals surface area contributed by atoms with Crippen LogP contribution in [0.15, 0.2) is 82.5 Å². The largest absolute Gasteiger partial charge is 0.497 e. The zero-order valence-corrected chi connectivity index (χ0v) is 24.1. The summed E-state index contributed by atoms with van der Waals surface area (Å²) in [5.74, 6) is -1.00. The van der Waals surface area contributed by atoms with Crippen LogP contribution in [0.5, 0.6) is 5.75 Å². The predicted molar refractivity (Wildman–Crippen MR) is 158 cm³/mol. The van der Waals surface area contributed by atoms with Crippen molar-refractivity contribution in [3.05, 3.63) is 94.1 Å². The van der Waals surface area contributed by atoms with Crippen molar-refractivity contribution in [3.8, 4) is 5.75 Å². The molecule has 0 radical (unpaired) electrons. The minimum atomic E-state index is -0.913. The van der Waals surface area contributed by atoms with Crippen LogP contribution in [0, 0.1) is 0 Å². The van der Waals surface area contributed by atoms with E-state index in [1.165, 1.54) is 23.8 Å². The molecule has 2 aromatic carbocycles. The summed E-state index contributed by atoms with van der Waals surface area (Å²) in [6.07, 6.45) is 1.92. The van der Waals surface area contributed by atoms with Gasteiger partial charge in [-0.3, -0.25) is 14.5 Å². The third-order valence-corrected chi connectivity index (χ3v) is 9.20. The first-order valence-corrected chi connectivity index (χ1v) is 14.6. The Labute approximate surface area is 249 Å². The summed E-state index contributed by atoms with van der Waals surface area (Å²) in [6.45, 7) is 0.0210. The van der Waals surface area contributed by atoms with Gasteiger partial charge >= 0.3 is 5.97 Å². The van der Waals surface area contributed by atoms with Crippen LogP contribution in [0.25, 0.3) is 5.57 Å². The van der Waals surface area contributed by atoms with E-state index in [-0.39, 0.29) is 34.1 Å². The summed E-state index contributed by atoms with van der Waals surface area (Å²) in [4.78, 5) is 50.5. The maximum atomic E-state index is 13.5. The summed E-state index contributed by atoms with van der Waals surface area (Å²) in [5, 5.41) is 7.67. The number of nitrogens with zero attached hydrogens (tertiary/aromatic N) is 3. The van der Waals surface area contributed by atoms with E-state index in [0.29, 0.717) is 11.3 Å². The number of rotatable bonds is 9. The molecule has 0 bridgehead atoms. The molecule has 6 rings (SSSR count). The molecule has 0 spiro atoms. The number of hydrogen-bond acceptors (Lipinski definition) is 11. The summed E-state index contributed by atoms with van der Waals surface area (Å²) in [6, 6.07) is 16.1. The molecule has 1 fully saturated rings. The molecule has 42 heavy (non-hydrogen) atoms. The molecule has 0 saturated carbocycles. The number of nitrogens with one attached hydrogen (secondary N) is 1. The summed E-state index contributed by atoms with van der Waals surface area (Å²) in [7, 11) is 2.88. The van der Waals surface area contributed by atoms with Gasteiger partial charge in [-0.2, -0.15) is 0 Å². The molecular weight excluding hydrogens is 578 g/mol. The van der Waals surface area contributed by atoms with Crippen LogP contribution >= 0.6 is 23.1 Å². The van der Waals surface area contributed by atoms with Gasteiger partial charge in [-0.15, -0.1) is 23.1 Å². The molecule has 3 atom stereocenters. The van der Waals surface area contributed by atoms with Gasteiger partial charge in [-0.1, -0.05) is 47.6 Å². The zero-order valence-electron chi connectivity index (χ0n) is 22.5. The Morgan fingerprint density at radius 2 is 1.88 bits per heavy atom. The minimum absolute atomic E-state index is 0.0210. The summed E-state index contributed by atoms with van der Waals surface area (Å²) >= 11 is 2.64. The lowest BCUT2D eigenvalue weighted by atomic mass is 9.84. The number of amides is 2. The fourth-order valence-electron chi connectivity index (χ4n) is 4.90. The molecule has 11 nitrogen and oxygen atoms in total. The molecule has 1 aliphatic carbocycles. The second kappa shape index (κ2) is 11.3. The van der Waals surface area contributed by atoms with Gasteiger partial charge in [0, 0.05) is 11.0 Å². The molecule has 2 aliphatic heterocycles. The van der Waals surface area contributed by atoms with Gasteiger partial charge in [0.25, 0.3) is 11.8 Å². The van der Waals surface area contributed by atoms with Gasteiger partial charge in [0.1, 0.15) is 42.3 Å². The molecule has 3 N–H and O–H groups in total. The van der Waals surface area contributed by atoms with Crippen LogP contribution < -0.4 is 15.8 Å². The van der Waals surface area contributed by atoms with E-state index in [1.807, 2.05) is 36.4 Å². The van der Waals surface area contributed by atoms with Gasteiger partial charge in [0.15, 0.2) is 10.8 Å². The van der Waals surface area contributed by atoms with E-state index < -0.39 is 29.2 Å². The number of thioether (sulfide) groups is 1. The minimum Gasteiger partial charge on any atom is -0.497 e. The molecule has 0 unspecified atom stereocenters. The number of hydrogen-bond donors (Lipinski definition) is 2. The number of benzene rings is 2. The lowest BCUT2D eigenvalue weighted by molar-refractivity contribution is -0.153. The Morgan fingerprint density at radius 3 is 2.55 bits per heavy atom. The van der Waals surface area contributed by atoms with Crippen LogP contribution in [0.3, 0.4) is 0 Å². The first-order chi connectivity index (χ1) is 20.4. The number of nitrogens with two attached hydrogens (primary N) is 1. The van der Waals surface area contributed by atoms with Crippen molar-refractivity contribution in [2.45, 2.75) is 23.3 Å². The van der Waals surface area contributed by atoms with Gasteiger partial charge in [0.05, 0.1) is 12.4 Å². The summed E-state index contributed by atoms with van der Waals surface area (Å²) < 4.78 is 10.9. The number of β-lactam (4-membered cyclic amide) rings is 1. The van der Waals surface area contributed by atoms with E-state index in [4.69, 9.17) is 20.0 Å². The van der Waals surface area contributed by atoms with Gasteiger partial charge in [-0.25, -0.2) is 9.78 Å². The Morgan fingerprint density at radius 1 is 1.12 bits per heavy atom. The number of carbonyl (C=O) groups is 3. The van der Waals surface area contributed by atoms with Crippen LogP contribution in [0.1, 0.15) is 16.8 Å². The van der Waals surface area contributed by atoms with Crippen LogP contribution in [-0.4, -0.2) is 64.3 Å². The Hall–Kier alpha value is -4.62. The number of thiazole rings is 1. The van der Waals surface area contributed by atoms with Crippen molar-refractivity contribution >= 4 is 57.3 Å². The molecular formula is C29H25N5O6S2. The standard InChI is InChI=1S/C29H25N5O6S2/c1-38-17-10-8-15(9-11-17)13-40-28(37)23-19-12-18(16-6-4-3-5-7-16)24(19)42-27-22(26(36)34(23)27)32-25(35)21(33-39-2)20-14-41-29(30)31-20/h3-12,14,22,24,27H,13H2,1-2H3,(H2,30,31)(H,32,35)/b33-21-/t22-,24+,27-/m1/s1. The monoisotopic (exact) mass is 603 g/mol. The smallest absolute Gasteiger partial charge is 0.355 e. The lowest BCUT2D eigenvalue weighted by Crippen LogP contribution is -2.72. The highest BCUT2D eigenvalue weighted by Crippen LogP contribution is 2.54. The SMILES string of the molecule is CO/N=C(\C(=O)N[C@@H]1C(=O)N2C(C(=O)OCc3ccc(OC)cc3)=C3C=C(c4ccccc4)[C@@H]3S[C@H]12)c1csc(N)n1. The number of anilines is 1. The van der Waals surface area contributed by atoms with Crippen molar-refractivity contribution in [2.24, 2.45) is 5.16 Å². The molecule has 2 amide bonds. The number of oxime groups is 1. The number of allylic oxidation sites excluding steroid dienone is 1. The molecule has 3 aliphatic rings. The summed E-state index contributed by atoms with van der Waals surface area (Å²) in [5.41, 5.74) is 9.57. The van der Waals surface area contributed by atoms with Crippen LogP contribution in [0.2, 0.25) is 0 Å². The van der Waals surface area contributed by atoms with Crippen molar-refractivity contribution in [2.75, 3.05) is 20.0 Å². The Bertz CT molecular complexity index is 1650. The average Bonchev–Trinajstić information content (AvgIpc) is 3.43. The van der Waals surface area contributed by atoms with Gasteiger partial charge in [0.2, 0.25) is 0 Å². The van der Waals surface area contributed by atoms with E-state index in [9.17, 15) is 14.4 Å². The second-order valence-corrected chi connectivity index (χ2v) is 11.6. The number of carbonyl (C=O) groups excluding carboxylic acids is 3. The predicted octanol–water partition coefficient (Wildman–Crippen LogP) is 2.95. The normalized spacial score (nSPS) is 20.9. The maximum Gasteiger partial charge on any atom is 0.355 e. The highest BCUT2D eigenvalue weighted by Gasteiger charge is 2.58. The highest BCUT2D eigenvalue weighted by molar-refractivity contribution is 8.01. The third kappa shape index (κ3) is 4.90. The number of fused-ring (bicyclic) bond motifs is 2. The van der Waals surface area contributed by atoms with E-state index in [0.717, 1.165) is 28.0 Å². The highest BCUT2D eigenvalue weighted by atomic mass is 32.2. The van der Waals surface area contributed by atoms with Crippen LogP contribution in [0.4, 0.5) is 5.13 Å². The van der Waals surface area contributed by atoms with Crippen molar-refractivity contribution in [1.29, 1.82) is 0 Å². The topological polar surface area (TPSA) is 145 Å². The van der Waals surface area contributed by atoms with Crippen LogP contribution in [-0.2, 0) is 30.6 Å². The first-order valence-electron chi connectivity index (χ1n) is 12.8. The van der Waals surface area contributed by atoms with E-state index in [2.05, 4.69) is 15.5 Å². The molecule has 3 heterocycles. The van der Waals surface area contributed by atoms with Crippen molar-refractivity contribution in [3.63, 3.8) is 0 Å². The lowest BCUT2D eigenvalue weighted by Gasteiger charge is -2.53. The second-order valence-electron chi connectivity index (χ2n) is 9.45. The fraction of sp³-hybridized carbons (Fsp3) is 0.207. The van der Waals surface area contributed by atoms with Gasteiger partial charge < -0.3 is 25.4 Å². The first kappa shape index (κ1) is 27.5. The molecule has 1 saturated heterocycles. The maximum absolute atomic E-state index is 13.5. The Balaban J connectivity index is 1.26. The number of methoxy groups -OCH3 is 1. The quantitative estimate of drug-likeness (QED) is 0.163. The van der Waals surface area contributed by atoms with E-state index >= 15 is 0 Å². The van der Waals surface area contributed by atoms with Crippen molar-refractivity contribution < 1.29 is 28.7 Å². The zero-order chi connectivity index (χ0) is 29.4. The third-order valence-electron chi connectivity index (χ3n) is 6.99. The fourth-order valence-corrected chi connectivity index (χ4v) is 7.08. The van der Waals surface area contributed by atoms with Crippen molar-refractivity contribution in [1.82, 2.24) is 15.2 Å². The number of ether oxygens (including phenoxy) is 2. The van der Waals surface area contributed by atoms with Gasteiger partial charge in [-0.05, 0) is 34.9 Å². The Kier molecular flexibility index (Phi) is 7.43. The number of esters is 1. The number of aromatic nitrogens is 1. The van der Waals surface area contributed by atoms with E-state index in [1.54, 1.807) is 36.8 Å².